The predicted molar refractivity (Wildman–Crippen MR) is 106 cm³/mol. The second-order valence-corrected chi connectivity index (χ2v) is 7.38. The van der Waals surface area contributed by atoms with Crippen LogP contribution in [0.25, 0.3) is 22.1 Å². The molecule has 0 saturated heterocycles. The van der Waals surface area contributed by atoms with Crippen LogP contribution < -0.4 is 10.1 Å². The number of amides is 1. The molecule has 1 N–H and O–H groups in total. The van der Waals surface area contributed by atoms with Gasteiger partial charge in [0.1, 0.15) is 11.3 Å². The quantitative estimate of drug-likeness (QED) is 0.542. The molecule has 4 aromatic rings. The summed E-state index contributed by atoms with van der Waals surface area (Å²) < 4.78 is 11.2. The fraction of sp³-hybridized carbons (Fsp3) is 0.143. The summed E-state index contributed by atoms with van der Waals surface area (Å²) in [5.74, 6) is 0.726. The van der Waals surface area contributed by atoms with Crippen molar-refractivity contribution in [2.75, 3.05) is 7.11 Å². The van der Waals surface area contributed by atoms with Gasteiger partial charge in [-0.1, -0.05) is 30.3 Å². The Morgan fingerprint density at radius 3 is 2.74 bits per heavy atom. The number of benzene rings is 2. The molecular weight excluding hydrogens is 360 g/mol. The maximum absolute atomic E-state index is 12.9. The first-order valence-corrected chi connectivity index (χ1v) is 9.33. The number of ether oxygens (including phenoxy) is 1. The number of nitrogens with one attached hydrogen (secondary N) is 1. The zero-order valence-corrected chi connectivity index (χ0v) is 15.8. The lowest BCUT2D eigenvalue weighted by atomic mass is 10.0. The third-order valence-corrected chi connectivity index (χ3v) is 5.17. The molecular formula is C21H18N2O3S. The Balaban J connectivity index is 1.74. The largest absolute Gasteiger partial charge is 0.497 e. The minimum atomic E-state index is -0.255. The lowest BCUT2D eigenvalue weighted by molar-refractivity contribution is 0.0926. The Morgan fingerprint density at radius 1 is 1.22 bits per heavy atom. The number of hydrogen-bond acceptors (Lipinski definition) is 5. The Labute approximate surface area is 160 Å². The molecule has 0 fully saturated rings. The monoisotopic (exact) mass is 378 g/mol. The van der Waals surface area contributed by atoms with E-state index in [4.69, 9.17) is 9.15 Å². The van der Waals surface area contributed by atoms with Gasteiger partial charge in [-0.25, -0.2) is 4.98 Å². The molecule has 136 valence electrons. The maximum Gasteiger partial charge on any atom is 0.287 e. The van der Waals surface area contributed by atoms with Crippen LogP contribution in [0.1, 0.15) is 20.4 Å². The van der Waals surface area contributed by atoms with E-state index in [9.17, 15) is 4.79 Å². The fourth-order valence-corrected chi connectivity index (χ4v) is 3.72. The number of aryl methyl sites for hydroxylation is 1. The molecule has 0 atom stereocenters. The van der Waals surface area contributed by atoms with Crippen molar-refractivity contribution in [3.05, 3.63) is 70.4 Å². The molecule has 5 nitrogen and oxygen atoms in total. The molecule has 0 radical (unpaired) electrons. The molecule has 0 aliphatic heterocycles. The number of fused-ring (bicyclic) bond motifs is 1. The topological polar surface area (TPSA) is 64.4 Å². The standard InChI is InChI=1S/C21H18N2O3S/c1-13-22-11-16(27-13)12-23-21(24)20-19(14-6-4-3-5-7-14)17-9-8-15(25-2)10-18(17)26-20/h3-11H,12H2,1-2H3,(H,23,24). The van der Waals surface area contributed by atoms with Crippen molar-refractivity contribution in [3.8, 4) is 16.9 Å². The van der Waals surface area contributed by atoms with Crippen LogP contribution in [0, 0.1) is 6.92 Å². The summed E-state index contributed by atoms with van der Waals surface area (Å²) in [6.45, 7) is 2.36. The normalized spacial score (nSPS) is 10.9. The van der Waals surface area contributed by atoms with Gasteiger partial charge in [0.2, 0.25) is 5.76 Å². The minimum absolute atomic E-state index is 0.255. The average Bonchev–Trinajstić information content (AvgIpc) is 3.29. The van der Waals surface area contributed by atoms with Crippen molar-refractivity contribution in [1.29, 1.82) is 0 Å². The summed E-state index contributed by atoms with van der Waals surface area (Å²) in [4.78, 5) is 18.1. The van der Waals surface area contributed by atoms with Crippen LogP contribution in [-0.4, -0.2) is 18.0 Å². The highest BCUT2D eigenvalue weighted by Gasteiger charge is 2.22. The van der Waals surface area contributed by atoms with Crippen LogP contribution >= 0.6 is 11.3 Å². The van der Waals surface area contributed by atoms with Crippen LogP contribution in [0.4, 0.5) is 0 Å². The van der Waals surface area contributed by atoms with Crippen molar-refractivity contribution >= 4 is 28.2 Å². The van der Waals surface area contributed by atoms with Crippen LogP contribution in [0.2, 0.25) is 0 Å². The van der Waals surface area contributed by atoms with Gasteiger partial charge in [0.15, 0.2) is 0 Å². The number of thiazole rings is 1. The van der Waals surface area contributed by atoms with Crippen molar-refractivity contribution in [2.45, 2.75) is 13.5 Å². The summed E-state index contributed by atoms with van der Waals surface area (Å²) >= 11 is 1.56. The van der Waals surface area contributed by atoms with E-state index >= 15 is 0 Å². The zero-order chi connectivity index (χ0) is 18.8. The lowest BCUT2D eigenvalue weighted by Crippen LogP contribution is -2.22. The predicted octanol–water partition coefficient (Wildman–Crippen LogP) is 4.80. The molecule has 0 bridgehead atoms. The van der Waals surface area contributed by atoms with E-state index in [1.807, 2.05) is 49.4 Å². The number of carbonyl (C=O) groups is 1. The van der Waals surface area contributed by atoms with Crippen LogP contribution in [0.5, 0.6) is 5.75 Å². The number of nitrogens with zero attached hydrogens (tertiary/aromatic N) is 1. The SMILES string of the molecule is COc1ccc2c(-c3ccccc3)c(C(=O)NCc3cnc(C)s3)oc2c1. The van der Waals surface area contributed by atoms with E-state index in [1.165, 1.54) is 0 Å². The van der Waals surface area contributed by atoms with E-state index in [1.54, 1.807) is 30.7 Å². The molecule has 4 rings (SSSR count). The third-order valence-electron chi connectivity index (χ3n) is 4.26. The number of rotatable bonds is 5. The molecule has 0 aliphatic carbocycles. The zero-order valence-electron chi connectivity index (χ0n) is 15.0. The van der Waals surface area contributed by atoms with Crippen molar-refractivity contribution in [3.63, 3.8) is 0 Å². The fourth-order valence-electron chi connectivity index (χ4n) is 2.99. The highest BCUT2D eigenvalue weighted by atomic mass is 32.1. The summed E-state index contributed by atoms with van der Waals surface area (Å²) in [5.41, 5.74) is 2.33. The van der Waals surface area contributed by atoms with Crippen LogP contribution in [0.3, 0.4) is 0 Å². The lowest BCUT2D eigenvalue weighted by Gasteiger charge is -2.05. The molecule has 2 heterocycles. The van der Waals surface area contributed by atoms with Gasteiger partial charge in [0.05, 0.1) is 18.7 Å². The summed E-state index contributed by atoms with van der Waals surface area (Å²) in [7, 11) is 1.60. The molecule has 27 heavy (non-hydrogen) atoms. The van der Waals surface area contributed by atoms with Gasteiger partial charge >= 0.3 is 0 Å². The number of furan rings is 1. The molecule has 0 aliphatic rings. The third kappa shape index (κ3) is 3.44. The smallest absolute Gasteiger partial charge is 0.287 e. The molecule has 0 unspecified atom stereocenters. The summed E-state index contributed by atoms with van der Waals surface area (Å²) in [6, 6.07) is 15.4. The first kappa shape index (κ1) is 17.3. The Hall–Kier alpha value is -3.12. The average molecular weight is 378 g/mol. The first-order valence-electron chi connectivity index (χ1n) is 8.51. The number of hydrogen-bond donors (Lipinski definition) is 1. The van der Waals surface area contributed by atoms with Gasteiger partial charge in [0, 0.05) is 28.1 Å². The highest BCUT2D eigenvalue weighted by Crippen LogP contribution is 2.36. The minimum Gasteiger partial charge on any atom is -0.497 e. The van der Waals surface area contributed by atoms with E-state index in [0.717, 1.165) is 26.4 Å². The highest BCUT2D eigenvalue weighted by molar-refractivity contribution is 7.11. The Bertz CT molecular complexity index is 1100. The van der Waals surface area contributed by atoms with E-state index < -0.39 is 0 Å². The van der Waals surface area contributed by atoms with Gasteiger partial charge < -0.3 is 14.5 Å². The van der Waals surface area contributed by atoms with Crippen molar-refractivity contribution in [2.24, 2.45) is 0 Å². The molecule has 0 spiro atoms. The van der Waals surface area contributed by atoms with Crippen molar-refractivity contribution in [1.82, 2.24) is 10.3 Å². The van der Waals surface area contributed by atoms with Crippen LogP contribution in [-0.2, 0) is 6.54 Å². The first-order chi connectivity index (χ1) is 13.2. The Morgan fingerprint density at radius 2 is 2.04 bits per heavy atom. The van der Waals surface area contributed by atoms with Gasteiger partial charge in [-0.15, -0.1) is 11.3 Å². The number of aromatic nitrogens is 1. The van der Waals surface area contributed by atoms with Gasteiger partial charge in [-0.05, 0) is 24.6 Å². The second kappa shape index (κ2) is 7.25. The van der Waals surface area contributed by atoms with Gasteiger partial charge in [-0.2, -0.15) is 0 Å². The van der Waals surface area contributed by atoms with Gasteiger partial charge in [0.25, 0.3) is 5.91 Å². The van der Waals surface area contributed by atoms with E-state index in [2.05, 4.69) is 10.3 Å². The number of carbonyl (C=O) groups excluding carboxylic acids is 1. The van der Waals surface area contributed by atoms with E-state index in [0.29, 0.717) is 23.6 Å². The van der Waals surface area contributed by atoms with E-state index in [-0.39, 0.29) is 5.91 Å². The van der Waals surface area contributed by atoms with Gasteiger partial charge in [-0.3, -0.25) is 4.79 Å². The summed E-state index contributed by atoms with van der Waals surface area (Å²) in [5, 5.41) is 4.78. The molecule has 6 heteroatoms. The molecule has 0 saturated carbocycles. The molecule has 1 amide bonds. The molecule has 2 aromatic heterocycles. The Kier molecular flexibility index (Phi) is 4.64. The summed E-state index contributed by atoms with van der Waals surface area (Å²) in [6.07, 6.45) is 1.78. The number of methoxy groups -OCH3 is 1. The second-order valence-electron chi connectivity index (χ2n) is 6.06. The van der Waals surface area contributed by atoms with Crippen molar-refractivity contribution < 1.29 is 13.9 Å². The van der Waals surface area contributed by atoms with Crippen LogP contribution in [0.15, 0.2) is 59.1 Å². The molecule has 2 aromatic carbocycles. The maximum atomic E-state index is 12.9.